The Bertz CT molecular complexity index is 937. The lowest BCUT2D eigenvalue weighted by Crippen LogP contribution is -2.33. The molecule has 0 bridgehead atoms. The molecule has 0 amide bonds. The largest absolute Gasteiger partial charge is 0.377 e. The number of hydrogen-bond acceptors (Lipinski definition) is 1. The second kappa shape index (κ2) is 11.8. The van der Waals surface area contributed by atoms with Gasteiger partial charge in [0.05, 0.1) is 12.8 Å². The van der Waals surface area contributed by atoms with Gasteiger partial charge in [0.25, 0.3) is 0 Å². The molecule has 2 heteroatoms. The first kappa shape index (κ1) is 22.5. The molecule has 162 valence electrons. The molecule has 4 aromatic rings. The highest BCUT2D eigenvalue weighted by Gasteiger charge is 2.44. The molecule has 32 heavy (non-hydrogen) atoms. The fourth-order valence-corrected chi connectivity index (χ4v) is 8.79. The highest BCUT2D eigenvalue weighted by atomic mass is 31.2. The van der Waals surface area contributed by atoms with E-state index in [4.69, 9.17) is 4.74 Å². The lowest BCUT2D eigenvalue weighted by atomic mass is 10.2. The minimum Gasteiger partial charge on any atom is -0.377 e. The van der Waals surface area contributed by atoms with Gasteiger partial charge in [0.15, 0.2) is 0 Å². The van der Waals surface area contributed by atoms with Gasteiger partial charge in [0, 0.05) is 6.61 Å². The maximum atomic E-state index is 5.91. The van der Waals surface area contributed by atoms with Crippen LogP contribution >= 0.6 is 7.26 Å². The molecule has 1 nitrogen and oxygen atoms in total. The molecule has 0 radical (unpaired) electrons. The van der Waals surface area contributed by atoms with Gasteiger partial charge in [0.1, 0.15) is 23.2 Å². The molecule has 0 aliphatic heterocycles. The Hall–Kier alpha value is -2.73. The van der Waals surface area contributed by atoms with Crippen molar-refractivity contribution in [3.8, 4) is 0 Å². The van der Waals surface area contributed by atoms with Crippen molar-refractivity contribution >= 4 is 23.2 Å². The van der Waals surface area contributed by atoms with E-state index in [1.807, 2.05) is 6.07 Å². The van der Waals surface area contributed by atoms with E-state index in [0.717, 1.165) is 13.0 Å². The van der Waals surface area contributed by atoms with E-state index < -0.39 is 7.26 Å². The second-order valence-corrected chi connectivity index (χ2v) is 11.8. The van der Waals surface area contributed by atoms with Gasteiger partial charge in [-0.05, 0) is 61.2 Å². The van der Waals surface area contributed by atoms with Crippen molar-refractivity contribution in [3.05, 3.63) is 127 Å². The standard InChI is InChI=1S/C30H32OP/c1-6-16-27(17-7-1)26-31-24-14-5-15-25-32(28-18-8-2-9-19-28,29-20-10-3-11-21-29)30-22-12-4-13-23-30/h1-4,6-13,16-23H,5,14-15,24-26H2/q+1. The Morgan fingerprint density at radius 1 is 0.469 bits per heavy atom. The number of benzene rings is 4. The first-order chi connectivity index (χ1) is 15.9. The molecular weight excluding hydrogens is 407 g/mol. The molecule has 0 aliphatic rings. The van der Waals surface area contributed by atoms with Crippen LogP contribution in [0.1, 0.15) is 24.8 Å². The third kappa shape index (κ3) is 5.54. The first-order valence-corrected chi connectivity index (χ1v) is 13.5. The topological polar surface area (TPSA) is 9.23 Å². The summed E-state index contributed by atoms with van der Waals surface area (Å²) in [7, 11) is -1.70. The molecule has 0 fully saturated rings. The van der Waals surface area contributed by atoms with Crippen molar-refractivity contribution in [1.82, 2.24) is 0 Å². The van der Waals surface area contributed by atoms with Gasteiger partial charge in [0.2, 0.25) is 0 Å². The predicted octanol–water partition coefficient (Wildman–Crippen LogP) is 6.37. The first-order valence-electron chi connectivity index (χ1n) is 11.6. The summed E-state index contributed by atoms with van der Waals surface area (Å²) in [5.41, 5.74) is 1.25. The van der Waals surface area contributed by atoms with E-state index in [1.54, 1.807) is 0 Å². The Morgan fingerprint density at radius 2 is 0.906 bits per heavy atom. The third-order valence-corrected chi connectivity index (χ3v) is 10.5. The maximum absolute atomic E-state index is 5.91. The van der Waals surface area contributed by atoms with Crippen molar-refractivity contribution in [3.63, 3.8) is 0 Å². The van der Waals surface area contributed by atoms with Crippen LogP contribution in [0.2, 0.25) is 0 Å². The third-order valence-electron chi connectivity index (χ3n) is 5.98. The molecule has 4 aromatic carbocycles. The molecule has 0 spiro atoms. The van der Waals surface area contributed by atoms with Gasteiger partial charge < -0.3 is 4.74 Å². The molecule has 0 atom stereocenters. The minimum atomic E-state index is -1.70. The summed E-state index contributed by atoms with van der Waals surface area (Å²) in [6.45, 7) is 1.53. The fourth-order valence-electron chi connectivity index (χ4n) is 4.38. The lowest BCUT2D eigenvalue weighted by Gasteiger charge is -2.27. The van der Waals surface area contributed by atoms with Crippen LogP contribution in [0.4, 0.5) is 0 Å². The number of rotatable bonds is 11. The lowest BCUT2D eigenvalue weighted by molar-refractivity contribution is 0.117. The molecule has 4 rings (SSSR count). The fraction of sp³-hybridized carbons (Fsp3) is 0.200. The van der Waals surface area contributed by atoms with Crippen molar-refractivity contribution in [2.45, 2.75) is 25.9 Å². The Morgan fingerprint density at radius 3 is 1.38 bits per heavy atom. The monoisotopic (exact) mass is 439 g/mol. The van der Waals surface area contributed by atoms with Crippen molar-refractivity contribution in [1.29, 1.82) is 0 Å². The average molecular weight is 440 g/mol. The molecule has 0 unspecified atom stereocenters. The number of unbranched alkanes of at least 4 members (excludes halogenated alkanes) is 2. The van der Waals surface area contributed by atoms with Gasteiger partial charge in [-0.15, -0.1) is 0 Å². The van der Waals surface area contributed by atoms with Crippen LogP contribution in [0.25, 0.3) is 0 Å². The minimum absolute atomic E-state index is 0.704. The van der Waals surface area contributed by atoms with Crippen LogP contribution in [0.3, 0.4) is 0 Å². The van der Waals surface area contributed by atoms with Crippen LogP contribution < -0.4 is 15.9 Å². The van der Waals surface area contributed by atoms with E-state index in [9.17, 15) is 0 Å². The molecule has 0 saturated carbocycles. The van der Waals surface area contributed by atoms with E-state index in [2.05, 4.69) is 115 Å². The summed E-state index contributed by atoms with van der Waals surface area (Å²) in [6.07, 6.45) is 4.67. The van der Waals surface area contributed by atoms with Gasteiger partial charge >= 0.3 is 0 Å². The summed E-state index contributed by atoms with van der Waals surface area (Å²) in [5, 5.41) is 4.41. The normalized spacial score (nSPS) is 11.4. The summed E-state index contributed by atoms with van der Waals surface area (Å²) in [6, 6.07) is 43.9. The average Bonchev–Trinajstić information content (AvgIpc) is 2.88. The zero-order chi connectivity index (χ0) is 21.9. The summed E-state index contributed by atoms with van der Waals surface area (Å²) in [4.78, 5) is 0. The van der Waals surface area contributed by atoms with Gasteiger partial charge in [-0.3, -0.25) is 0 Å². The second-order valence-electron chi connectivity index (χ2n) is 8.14. The summed E-state index contributed by atoms with van der Waals surface area (Å²) in [5.74, 6) is 0. The van der Waals surface area contributed by atoms with Crippen LogP contribution in [-0.2, 0) is 11.3 Å². The van der Waals surface area contributed by atoms with Gasteiger partial charge in [-0.1, -0.05) is 84.9 Å². The van der Waals surface area contributed by atoms with Gasteiger partial charge in [-0.2, -0.15) is 0 Å². The Labute approximate surface area is 193 Å². The molecule has 0 heterocycles. The van der Waals surface area contributed by atoms with Crippen LogP contribution in [0.15, 0.2) is 121 Å². The summed E-state index contributed by atoms with van der Waals surface area (Å²) < 4.78 is 5.91. The van der Waals surface area contributed by atoms with E-state index in [1.165, 1.54) is 40.5 Å². The van der Waals surface area contributed by atoms with Crippen LogP contribution in [-0.4, -0.2) is 12.8 Å². The molecule has 0 aromatic heterocycles. The SMILES string of the molecule is c1ccc(COCCCCC[P+](c2ccccc2)(c2ccccc2)c2ccccc2)cc1. The maximum Gasteiger partial charge on any atom is 0.112 e. The molecule has 0 aliphatic carbocycles. The van der Waals surface area contributed by atoms with Crippen molar-refractivity contribution < 1.29 is 4.74 Å². The van der Waals surface area contributed by atoms with Crippen molar-refractivity contribution in [2.24, 2.45) is 0 Å². The number of ether oxygens (including phenoxy) is 1. The van der Waals surface area contributed by atoms with Crippen LogP contribution in [0.5, 0.6) is 0 Å². The van der Waals surface area contributed by atoms with Crippen LogP contribution in [0, 0.1) is 0 Å². The van der Waals surface area contributed by atoms with E-state index >= 15 is 0 Å². The zero-order valence-electron chi connectivity index (χ0n) is 18.6. The highest BCUT2D eigenvalue weighted by molar-refractivity contribution is 7.95. The summed E-state index contributed by atoms with van der Waals surface area (Å²) >= 11 is 0. The van der Waals surface area contributed by atoms with Gasteiger partial charge in [-0.25, -0.2) is 0 Å². The molecule has 0 saturated heterocycles. The van der Waals surface area contributed by atoms with E-state index in [-0.39, 0.29) is 0 Å². The number of hydrogen-bond donors (Lipinski definition) is 0. The van der Waals surface area contributed by atoms with Crippen molar-refractivity contribution in [2.75, 3.05) is 12.8 Å². The highest BCUT2D eigenvalue weighted by Crippen LogP contribution is 2.55. The van der Waals surface area contributed by atoms with E-state index in [0.29, 0.717) is 6.61 Å². The molecular formula is C30H32OP+. The Kier molecular flexibility index (Phi) is 8.26. The quantitative estimate of drug-likeness (QED) is 0.195. The predicted molar refractivity (Wildman–Crippen MR) is 140 cm³/mol. The zero-order valence-corrected chi connectivity index (χ0v) is 19.5. The smallest absolute Gasteiger partial charge is 0.112 e. The Balaban J connectivity index is 1.47. The molecule has 0 N–H and O–H groups in total.